The Kier molecular flexibility index (Phi) is 7.14. The molecule has 2 aromatic heterocycles. The quantitative estimate of drug-likeness (QED) is 0.381. The lowest BCUT2D eigenvalue weighted by atomic mass is 10.1. The predicted molar refractivity (Wildman–Crippen MR) is 99.6 cm³/mol. The molecule has 0 spiro atoms. The summed E-state index contributed by atoms with van der Waals surface area (Å²) in [4.78, 5) is 33.0. The van der Waals surface area contributed by atoms with Gasteiger partial charge in [-0.3, -0.25) is 9.59 Å². The molecule has 0 saturated heterocycles. The second-order valence-electron chi connectivity index (χ2n) is 4.95. The van der Waals surface area contributed by atoms with Crippen molar-refractivity contribution in [3.8, 4) is 10.0 Å². The van der Waals surface area contributed by atoms with E-state index in [0.29, 0.717) is 24.3 Å². The highest BCUT2D eigenvalue weighted by Gasteiger charge is 2.18. The molecule has 0 amide bonds. The molecule has 2 aromatic rings. The third kappa shape index (κ3) is 5.09. The van der Waals surface area contributed by atoms with E-state index < -0.39 is 0 Å². The summed E-state index contributed by atoms with van der Waals surface area (Å²) in [6, 6.07) is 0. The molecule has 7 heteroatoms. The van der Waals surface area contributed by atoms with E-state index in [4.69, 9.17) is 0 Å². The zero-order chi connectivity index (χ0) is 16.7. The first-order valence-electron chi connectivity index (χ1n) is 7.34. The van der Waals surface area contributed by atoms with Gasteiger partial charge in [-0.1, -0.05) is 13.0 Å². The lowest BCUT2D eigenvalue weighted by Gasteiger charge is -2.00. The summed E-state index contributed by atoms with van der Waals surface area (Å²) < 4.78 is 0. The van der Waals surface area contributed by atoms with Crippen molar-refractivity contribution in [1.29, 1.82) is 0 Å². The zero-order valence-electron chi connectivity index (χ0n) is 12.7. The van der Waals surface area contributed by atoms with Crippen molar-refractivity contribution in [2.24, 2.45) is 0 Å². The van der Waals surface area contributed by atoms with E-state index in [0.717, 1.165) is 34.2 Å². The lowest BCUT2D eigenvalue weighted by molar-refractivity contribution is -0.116. The molecule has 0 unspecified atom stereocenters. The Balaban J connectivity index is 1.91. The van der Waals surface area contributed by atoms with Gasteiger partial charge in [0.15, 0.2) is 15.8 Å². The molecule has 0 atom stereocenters. The van der Waals surface area contributed by atoms with E-state index in [-0.39, 0.29) is 11.6 Å². The number of Topliss-reactive ketones (excluding diaryl/α,β-unsaturated/α-hetero) is 2. The molecular formula is C16H18N2O2S3. The van der Waals surface area contributed by atoms with Gasteiger partial charge >= 0.3 is 0 Å². The number of thiazole rings is 2. The number of carbonyl (C=O) groups excluding carboxylic acids is 2. The molecule has 0 fully saturated rings. The van der Waals surface area contributed by atoms with Crippen LogP contribution in [-0.2, 0) is 4.79 Å². The fourth-order valence-corrected chi connectivity index (χ4v) is 3.84. The second-order valence-corrected chi connectivity index (χ2v) is 7.20. The SMILES string of the molecule is C=Cc1sc(-c2nccs2)nc1C(=O)CCCCCC(=O)CS. The Morgan fingerprint density at radius 2 is 2.00 bits per heavy atom. The summed E-state index contributed by atoms with van der Waals surface area (Å²) >= 11 is 6.89. The molecule has 0 saturated carbocycles. The van der Waals surface area contributed by atoms with Crippen molar-refractivity contribution in [2.75, 3.05) is 5.75 Å². The van der Waals surface area contributed by atoms with Gasteiger partial charge in [0.2, 0.25) is 0 Å². The van der Waals surface area contributed by atoms with Crippen molar-refractivity contribution >= 4 is 52.9 Å². The number of hydrogen-bond donors (Lipinski definition) is 1. The van der Waals surface area contributed by atoms with Crippen molar-refractivity contribution in [3.05, 3.63) is 28.7 Å². The summed E-state index contributed by atoms with van der Waals surface area (Å²) in [6.45, 7) is 3.76. The highest BCUT2D eigenvalue weighted by Crippen LogP contribution is 2.31. The summed E-state index contributed by atoms with van der Waals surface area (Å²) in [7, 11) is 0. The largest absolute Gasteiger partial charge is 0.299 e. The van der Waals surface area contributed by atoms with Crippen LogP contribution in [-0.4, -0.2) is 27.3 Å². The molecule has 0 bridgehead atoms. The number of nitrogens with zero attached hydrogens (tertiary/aromatic N) is 2. The number of aromatic nitrogens is 2. The van der Waals surface area contributed by atoms with Gasteiger partial charge in [0.05, 0.1) is 4.88 Å². The number of unbranched alkanes of at least 4 members (excludes halogenated alkanes) is 2. The fourth-order valence-electron chi connectivity index (χ4n) is 2.07. The van der Waals surface area contributed by atoms with Gasteiger partial charge < -0.3 is 0 Å². The third-order valence-electron chi connectivity index (χ3n) is 3.25. The second kappa shape index (κ2) is 9.10. The van der Waals surface area contributed by atoms with Crippen LogP contribution in [0.2, 0.25) is 0 Å². The van der Waals surface area contributed by atoms with E-state index in [1.807, 2.05) is 5.38 Å². The number of rotatable bonds is 10. The van der Waals surface area contributed by atoms with Gasteiger partial charge in [0.25, 0.3) is 0 Å². The first-order valence-corrected chi connectivity index (χ1v) is 9.67. The van der Waals surface area contributed by atoms with Crippen molar-refractivity contribution in [2.45, 2.75) is 32.1 Å². The van der Waals surface area contributed by atoms with Crippen molar-refractivity contribution in [3.63, 3.8) is 0 Å². The van der Waals surface area contributed by atoms with Crippen LogP contribution >= 0.6 is 35.3 Å². The molecule has 122 valence electrons. The Labute approximate surface area is 149 Å². The van der Waals surface area contributed by atoms with E-state index in [1.165, 1.54) is 22.7 Å². The predicted octanol–water partition coefficient (Wildman–Crippen LogP) is 4.54. The van der Waals surface area contributed by atoms with Gasteiger partial charge in [-0.2, -0.15) is 12.6 Å². The van der Waals surface area contributed by atoms with Crippen LogP contribution in [0.1, 0.15) is 47.5 Å². The molecule has 0 radical (unpaired) electrons. The average molecular weight is 367 g/mol. The minimum atomic E-state index is 0.0273. The minimum Gasteiger partial charge on any atom is -0.299 e. The summed E-state index contributed by atoms with van der Waals surface area (Å²) in [6.07, 6.45) is 6.81. The van der Waals surface area contributed by atoms with Crippen molar-refractivity contribution in [1.82, 2.24) is 9.97 Å². The molecule has 0 aromatic carbocycles. The maximum atomic E-state index is 12.4. The lowest BCUT2D eigenvalue weighted by Crippen LogP contribution is -2.02. The highest BCUT2D eigenvalue weighted by molar-refractivity contribution is 7.81. The molecule has 4 nitrogen and oxygen atoms in total. The van der Waals surface area contributed by atoms with E-state index in [9.17, 15) is 9.59 Å². The van der Waals surface area contributed by atoms with Crippen LogP contribution in [0, 0.1) is 0 Å². The normalized spacial score (nSPS) is 10.7. The van der Waals surface area contributed by atoms with Crippen LogP contribution in [0.4, 0.5) is 0 Å². The van der Waals surface area contributed by atoms with E-state index in [1.54, 1.807) is 12.3 Å². The minimum absolute atomic E-state index is 0.0273. The van der Waals surface area contributed by atoms with Crippen LogP contribution in [0.5, 0.6) is 0 Å². The Morgan fingerprint density at radius 1 is 1.22 bits per heavy atom. The molecule has 0 N–H and O–H groups in total. The van der Waals surface area contributed by atoms with E-state index >= 15 is 0 Å². The Bertz CT molecular complexity index is 678. The molecule has 0 aliphatic rings. The van der Waals surface area contributed by atoms with E-state index in [2.05, 4.69) is 29.2 Å². The maximum Gasteiger partial charge on any atom is 0.182 e. The molecule has 0 aliphatic carbocycles. The monoisotopic (exact) mass is 366 g/mol. The third-order valence-corrected chi connectivity index (χ3v) is 5.57. The Hall–Kier alpha value is -1.31. The number of ketones is 2. The van der Waals surface area contributed by atoms with Gasteiger partial charge in [0.1, 0.15) is 11.5 Å². The molecule has 0 aliphatic heterocycles. The molecule has 23 heavy (non-hydrogen) atoms. The van der Waals surface area contributed by atoms with Crippen LogP contribution in [0.3, 0.4) is 0 Å². The van der Waals surface area contributed by atoms with Crippen LogP contribution in [0.25, 0.3) is 16.1 Å². The smallest absolute Gasteiger partial charge is 0.182 e. The topological polar surface area (TPSA) is 59.9 Å². The maximum absolute atomic E-state index is 12.4. The standard InChI is InChI=1S/C16H18N2O2S3/c1-2-13-14(18-16(23-13)15-17-8-9-22-15)12(20)7-5-3-4-6-11(19)10-21/h2,8-9,21H,1,3-7,10H2. The summed E-state index contributed by atoms with van der Waals surface area (Å²) in [5.74, 6) is 0.473. The Morgan fingerprint density at radius 3 is 2.65 bits per heavy atom. The van der Waals surface area contributed by atoms with Crippen molar-refractivity contribution < 1.29 is 9.59 Å². The molecule has 2 heterocycles. The first kappa shape index (κ1) is 18.0. The van der Waals surface area contributed by atoms with Gasteiger partial charge in [-0.15, -0.1) is 22.7 Å². The van der Waals surface area contributed by atoms with Gasteiger partial charge in [0, 0.05) is 30.2 Å². The number of carbonyl (C=O) groups is 2. The first-order chi connectivity index (χ1) is 11.2. The zero-order valence-corrected chi connectivity index (χ0v) is 15.2. The van der Waals surface area contributed by atoms with Crippen LogP contribution in [0.15, 0.2) is 18.2 Å². The molecular weight excluding hydrogens is 348 g/mol. The number of hydrogen-bond acceptors (Lipinski definition) is 7. The van der Waals surface area contributed by atoms with Gasteiger partial charge in [-0.05, 0) is 18.9 Å². The molecule has 2 rings (SSSR count). The van der Waals surface area contributed by atoms with Crippen LogP contribution < -0.4 is 0 Å². The average Bonchev–Trinajstić information content (AvgIpc) is 3.22. The van der Waals surface area contributed by atoms with Gasteiger partial charge in [-0.25, -0.2) is 9.97 Å². The summed E-state index contributed by atoms with van der Waals surface area (Å²) in [5, 5.41) is 3.47. The fraction of sp³-hybridized carbons (Fsp3) is 0.375. The highest BCUT2D eigenvalue weighted by atomic mass is 32.1. The summed E-state index contributed by atoms with van der Waals surface area (Å²) in [5.41, 5.74) is 0.488. The number of thiol groups is 1.